The van der Waals surface area contributed by atoms with Gasteiger partial charge in [-0.2, -0.15) is 0 Å². The first-order valence-electron chi connectivity index (χ1n) is 11.3. The molecule has 1 aromatic carbocycles. The first-order chi connectivity index (χ1) is 15.1. The molecule has 0 unspecified atom stereocenters. The van der Waals surface area contributed by atoms with E-state index in [2.05, 4.69) is 10.1 Å². The molecule has 168 valence electrons. The zero-order valence-corrected chi connectivity index (χ0v) is 18.8. The number of piperidine rings is 1. The monoisotopic (exact) mass is 427 g/mol. The number of hydrogen-bond donors (Lipinski definition) is 0. The molecule has 7 heteroatoms. The summed E-state index contributed by atoms with van der Waals surface area (Å²) in [6.07, 6.45) is 9.00. The van der Waals surface area contributed by atoms with Gasteiger partial charge in [-0.15, -0.1) is 0 Å². The van der Waals surface area contributed by atoms with Crippen molar-refractivity contribution in [1.82, 2.24) is 15.0 Å². The number of nitrogens with zero attached hydrogens (tertiary/aromatic N) is 3. The van der Waals surface area contributed by atoms with Crippen molar-refractivity contribution >= 4 is 5.91 Å². The maximum atomic E-state index is 13.4. The van der Waals surface area contributed by atoms with Gasteiger partial charge in [0.1, 0.15) is 29.6 Å². The molecule has 2 aromatic rings. The van der Waals surface area contributed by atoms with E-state index in [1.807, 2.05) is 19.1 Å². The minimum Gasteiger partial charge on any atom is -0.497 e. The summed E-state index contributed by atoms with van der Waals surface area (Å²) in [6, 6.07) is 7.77. The predicted molar refractivity (Wildman–Crippen MR) is 117 cm³/mol. The molecule has 1 saturated carbocycles. The van der Waals surface area contributed by atoms with Crippen LogP contribution in [0, 0.1) is 0 Å². The van der Waals surface area contributed by atoms with E-state index >= 15 is 0 Å². The molecule has 1 atom stereocenters. The predicted octanol–water partition coefficient (Wildman–Crippen LogP) is 4.30. The molecule has 1 saturated heterocycles. The molecule has 2 aliphatic rings. The Morgan fingerprint density at radius 1 is 1.19 bits per heavy atom. The molecule has 0 N–H and O–H groups in total. The van der Waals surface area contributed by atoms with Gasteiger partial charge in [-0.25, -0.2) is 0 Å². The van der Waals surface area contributed by atoms with Crippen LogP contribution in [0.4, 0.5) is 0 Å². The van der Waals surface area contributed by atoms with E-state index < -0.39 is 0 Å². The Morgan fingerprint density at radius 2 is 1.94 bits per heavy atom. The summed E-state index contributed by atoms with van der Waals surface area (Å²) in [4.78, 5) is 17.6. The van der Waals surface area contributed by atoms with Crippen molar-refractivity contribution in [3.63, 3.8) is 0 Å². The summed E-state index contributed by atoms with van der Waals surface area (Å²) < 4.78 is 16.7. The largest absolute Gasteiger partial charge is 0.497 e. The van der Waals surface area contributed by atoms with Crippen molar-refractivity contribution in [2.75, 3.05) is 27.2 Å². The van der Waals surface area contributed by atoms with E-state index in [1.165, 1.54) is 31.9 Å². The third-order valence-corrected chi connectivity index (χ3v) is 6.82. The van der Waals surface area contributed by atoms with Crippen molar-refractivity contribution in [3.8, 4) is 11.5 Å². The number of likely N-dealkylation sites (tertiary alicyclic amines) is 1. The quantitative estimate of drug-likeness (QED) is 0.656. The van der Waals surface area contributed by atoms with Crippen LogP contribution in [0.15, 0.2) is 35.1 Å². The third kappa shape index (κ3) is 4.87. The number of hydrogen-bond acceptors (Lipinski definition) is 6. The molecule has 0 spiro atoms. The Kier molecular flexibility index (Phi) is 6.80. The Hall–Kier alpha value is -2.54. The average molecular weight is 428 g/mol. The van der Waals surface area contributed by atoms with Crippen molar-refractivity contribution in [2.45, 2.75) is 63.6 Å². The zero-order valence-electron chi connectivity index (χ0n) is 18.8. The van der Waals surface area contributed by atoms with Gasteiger partial charge in [0.2, 0.25) is 0 Å². The molecule has 1 aliphatic carbocycles. The molecule has 7 nitrogen and oxygen atoms in total. The molecule has 1 amide bonds. The number of carbonyl (C=O) groups excluding carboxylic acids is 1. The zero-order chi connectivity index (χ0) is 21.8. The molecule has 31 heavy (non-hydrogen) atoms. The second kappa shape index (κ2) is 9.73. The summed E-state index contributed by atoms with van der Waals surface area (Å²) in [5, 5.41) is 3.97. The first-order valence-corrected chi connectivity index (χ1v) is 11.3. The lowest BCUT2D eigenvalue weighted by Crippen LogP contribution is -2.43. The van der Waals surface area contributed by atoms with Gasteiger partial charge in [0.05, 0.1) is 18.7 Å². The number of ether oxygens (including phenoxy) is 2. The van der Waals surface area contributed by atoms with Gasteiger partial charge in [-0.05, 0) is 50.8 Å². The highest BCUT2D eigenvalue weighted by molar-refractivity contribution is 5.97. The molecule has 4 rings (SSSR count). The highest BCUT2D eigenvalue weighted by Gasteiger charge is 2.29. The SMILES string of the molecule is COc1ccc(OC2CCN(C3CCCC3)CC2)c(C(=O)N(C)[C@H](C)c2ccon2)c1. The number of aromatic nitrogens is 1. The Balaban J connectivity index is 1.46. The second-order valence-electron chi connectivity index (χ2n) is 8.67. The maximum Gasteiger partial charge on any atom is 0.258 e. The van der Waals surface area contributed by atoms with Crippen molar-refractivity contribution in [2.24, 2.45) is 0 Å². The highest BCUT2D eigenvalue weighted by atomic mass is 16.5. The Morgan fingerprint density at radius 3 is 2.58 bits per heavy atom. The fraction of sp³-hybridized carbons (Fsp3) is 0.583. The first kappa shape index (κ1) is 21.7. The molecule has 2 heterocycles. The maximum absolute atomic E-state index is 13.4. The van der Waals surface area contributed by atoms with Crippen molar-refractivity contribution < 1.29 is 18.8 Å². The molecule has 1 aliphatic heterocycles. The molecule has 2 fully saturated rings. The van der Waals surface area contributed by atoms with Gasteiger partial charge in [0, 0.05) is 32.2 Å². The van der Waals surface area contributed by atoms with Crippen LogP contribution in [0.3, 0.4) is 0 Å². The van der Waals surface area contributed by atoms with Crippen molar-refractivity contribution in [3.05, 3.63) is 41.8 Å². The summed E-state index contributed by atoms with van der Waals surface area (Å²) in [5.74, 6) is 1.12. The minimum absolute atomic E-state index is 0.121. The van der Waals surface area contributed by atoms with Crippen LogP contribution in [0.2, 0.25) is 0 Å². The van der Waals surface area contributed by atoms with Gasteiger partial charge in [-0.1, -0.05) is 18.0 Å². The smallest absolute Gasteiger partial charge is 0.258 e. The van der Waals surface area contributed by atoms with E-state index in [4.69, 9.17) is 14.0 Å². The van der Waals surface area contributed by atoms with Gasteiger partial charge in [0.15, 0.2) is 0 Å². The summed E-state index contributed by atoms with van der Waals surface area (Å²) in [6.45, 7) is 4.06. The van der Waals surface area contributed by atoms with Crippen LogP contribution >= 0.6 is 0 Å². The number of rotatable bonds is 7. The lowest BCUT2D eigenvalue weighted by molar-refractivity contribution is 0.0683. The highest BCUT2D eigenvalue weighted by Crippen LogP contribution is 2.31. The van der Waals surface area contributed by atoms with Crippen LogP contribution in [0.25, 0.3) is 0 Å². The topological polar surface area (TPSA) is 68.0 Å². The van der Waals surface area contributed by atoms with Gasteiger partial charge in [0.25, 0.3) is 5.91 Å². The number of benzene rings is 1. The average Bonchev–Trinajstić information content (AvgIpc) is 3.53. The van der Waals surface area contributed by atoms with Gasteiger partial charge in [-0.3, -0.25) is 4.79 Å². The summed E-state index contributed by atoms with van der Waals surface area (Å²) in [5.41, 5.74) is 1.22. The number of amides is 1. The van der Waals surface area contributed by atoms with E-state index in [0.717, 1.165) is 32.0 Å². The Labute approximate surface area is 184 Å². The van der Waals surface area contributed by atoms with Gasteiger partial charge < -0.3 is 23.8 Å². The molecular weight excluding hydrogens is 394 g/mol. The molecule has 1 aromatic heterocycles. The summed E-state index contributed by atoms with van der Waals surface area (Å²) >= 11 is 0. The fourth-order valence-electron chi connectivity index (χ4n) is 4.72. The Bertz CT molecular complexity index is 856. The second-order valence-corrected chi connectivity index (χ2v) is 8.67. The van der Waals surface area contributed by atoms with Crippen LogP contribution < -0.4 is 9.47 Å². The molecule has 0 bridgehead atoms. The van der Waals surface area contributed by atoms with Crippen LogP contribution in [-0.2, 0) is 0 Å². The van der Waals surface area contributed by atoms with E-state index in [0.29, 0.717) is 22.8 Å². The van der Waals surface area contributed by atoms with Gasteiger partial charge >= 0.3 is 0 Å². The lowest BCUT2D eigenvalue weighted by atomic mass is 10.0. The van der Waals surface area contributed by atoms with Crippen LogP contribution in [-0.4, -0.2) is 60.3 Å². The fourth-order valence-corrected chi connectivity index (χ4v) is 4.72. The van der Waals surface area contributed by atoms with E-state index in [9.17, 15) is 4.79 Å². The van der Waals surface area contributed by atoms with Crippen LogP contribution in [0.5, 0.6) is 11.5 Å². The lowest BCUT2D eigenvalue weighted by Gasteiger charge is -2.36. The van der Waals surface area contributed by atoms with Crippen molar-refractivity contribution in [1.29, 1.82) is 0 Å². The molecule has 0 radical (unpaired) electrons. The van der Waals surface area contributed by atoms with Crippen LogP contribution in [0.1, 0.15) is 67.5 Å². The number of methoxy groups -OCH3 is 1. The van der Waals surface area contributed by atoms with E-state index in [-0.39, 0.29) is 18.1 Å². The normalized spacial score (nSPS) is 19.3. The molecular formula is C24H33N3O4. The standard InChI is InChI=1S/C24H33N3O4/c1-17(22-12-15-30-25-22)26(2)24(28)21-16-20(29-3)8-9-23(21)31-19-10-13-27(14-11-19)18-6-4-5-7-18/h8-9,12,15-19H,4-7,10-11,13-14H2,1-3H3/t17-/m1/s1. The third-order valence-electron chi connectivity index (χ3n) is 6.82. The van der Waals surface area contributed by atoms with E-state index in [1.54, 1.807) is 31.2 Å². The minimum atomic E-state index is -0.222. The summed E-state index contributed by atoms with van der Waals surface area (Å²) in [7, 11) is 3.37. The number of carbonyl (C=O) groups is 1.